The average molecular weight is 574 g/mol. The van der Waals surface area contributed by atoms with E-state index in [9.17, 15) is 18.0 Å². The third kappa shape index (κ3) is 3.91. The van der Waals surface area contributed by atoms with Crippen LogP contribution in [0.2, 0.25) is 10.0 Å². The predicted octanol–water partition coefficient (Wildman–Crippen LogP) is 5.18. The molecule has 0 aliphatic carbocycles. The quantitative estimate of drug-likeness (QED) is 0.307. The zero-order valence-corrected chi connectivity index (χ0v) is 19.5. The Bertz CT molecular complexity index is 991. The van der Waals surface area contributed by atoms with Crippen LogP contribution < -0.4 is 5.43 Å². The van der Waals surface area contributed by atoms with Gasteiger partial charge in [0.15, 0.2) is 0 Å². The van der Waals surface area contributed by atoms with Crippen LogP contribution in [-0.2, 0) is 15.2 Å². The second kappa shape index (κ2) is 7.59. The van der Waals surface area contributed by atoms with Gasteiger partial charge in [0.25, 0.3) is 0 Å². The number of hydrogen-bond acceptors (Lipinski definition) is 4. The summed E-state index contributed by atoms with van der Waals surface area (Å²) < 4.78 is 44.7. The maximum absolute atomic E-state index is 14.2. The van der Waals surface area contributed by atoms with E-state index in [0.29, 0.717) is 15.3 Å². The molecule has 1 aromatic rings. The van der Waals surface area contributed by atoms with Gasteiger partial charge in [-0.25, -0.2) is 0 Å². The molecule has 162 valence electrons. The molecule has 3 heterocycles. The van der Waals surface area contributed by atoms with E-state index < -0.39 is 38.0 Å². The van der Waals surface area contributed by atoms with Gasteiger partial charge in [0.05, 0.1) is 0 Å². The van der Waals surface area contributed by atoms with Gasteiger partial charge in [0.2, 0.25) is 0 Å². The van der Waals surface area contributed by atoms with Crippen LogP contribution in [0.1, 0.15) is 18.9 Å². The Balaban J connectivity index is 1.65. The van der Waals surface area contributed by atoms with Gasteiger partial charge in [0, 0.05) is 0 Å². The molecule has 1 amide bonds. The molecule has 4 rings (SSSR count). The van der Waals surface area contributed by atoms with Gasteiger partial charge in [-0.1, -0.05) is 0 Å². The van der Waals surface area contributed by atoms with Crippen molar-refractivity contribution in [2.75, 3.05) is 11.5 Å². The molecule has 3 aliphatic rings. The molecule has 30 heavy (non-hydrogen) atoms. The van der Waals surface area contributed by atoms with Gasteiger partial charge in [0.1, 0.15) is 0 Å². The zero-order chi connectivity index (χ0) is 21.8. The number of nitrogens with zero attached hydrogens (tertiary/aromatic N) is 2. The first-order valence-electron chi connectivity index (χ1n) is 8.87. The van der Waals surface area contributed by atoms with E-state index in [1.54, 1.807) is 13.1 Å². The summed E-state index contributed by atoms with van der Waals surface area (Å²) >= 11 is 10.3. The number of nitrogens with one attached hydrogen (secondary N) is 1. The van der Waals surface area contributed by atoms with E-state index in [2.05, 4.69) is 10.6 Å². The van der Waals surface area contributed by atoms with Crippen molar-refractivity contribution in [2.24, 2.45) is 5.16 Å². The van der Waals surface area contributed by atoms with Crippen LogP contribution in [0.25, 0.3) is 0 Å². The molecule has 0 spiro atoms. The van der Waals surface area contributed by atoms with Gasteiger partial charge >= 0.3 is 189 Å². The van der Waals surface area contributed by atoms with Gasteiger partial charge in [-0.15, -0.1) is 0 Å². The molecule has 11 heteroatoms. The third-order valence-electron chi connectivity index (χ3n) is 5.01. The van der Waals surface area contributed by atoms with E-state index in [-0.39, 0.29) is 21.5 Å². The van der Waals surface area contributed by atoms with Crippen molar-refractivity contribution < 1.29 is 22.8 Å². The molecule has 1 N–H and O–H groups in total. The van der Waals surface area contributed by atoms with Crippen LogP contribution in [-0.4, -0.2) is 38.2 Å². The summed E-state index contributed by atoms with van der Waals surface area (Å²) in [5, 5.41) is 5.40. The summed E-state index contributed by atoms with van der Waals surface area (Å²) in [5.41, 5.74) is 1.13. The normalized spacial score (nSPS) is 26.2. The topological polar surface area (TPSA) is 53.9 Å². The van der Waals surface area contributed by atoms with Crippen molar-refractivity contribution in [3.63, 3.8) is 0 Å². The first-order valence-corrected chi connectivity index (χ1v) is 13.5. The van der Waals surface area contributed by atoms with Crippen LogP contribution in [0.3, 0.4) is 0 Å². The first-order chi connectivity index (χ1) is 14.0. The SMILES string of the molecule is CC(=O)N(C)NC1=CC2CI2C(C2=NOC(c3cc(Cl)cc(Cl)c3)(C(F)(F)F)C2)=C1. The molecular weight excluding hydrogens is 557 g/mol. The van der Waals surface area contributed by atoms with Crippen molar-refractivity contribution in [1.82, 2.24) is 10.4 Å². The fourth-order valence-electron chi connectivity index (χ4n) is 3.31. The molecule has 0 bridgehead atoms. The summed E-state index contributed by atoms with van der Waals surface area (Å²) in [6.45, 7) is 1.42. The number of carbonyl (C=O) groups excluding carboxylic acids is 1. The number of hydrogen-bond donors (Lipinski definition) is 1. The zero-order valence-electron chi connectivity index (χ0n) is 15.9. The Morgan fingerprint density at radius 1 is 1.33 bits per heavy atom. The number of carbonyl (C=O) groups is 1. The fraction of sp³-hybridized carbons (Fsp3) is 0.368. The summed E-state index contributed by atoms with van der Waals surface area (Å²) in [6.07, 6.45) is -1.33. The molecule has 2 unspecified atom stereocenters. The predicted molar refractivity (Wildman–Crippen MR) is 118 cm³/mol. The summed E-state index contributed by atoms with van der Waals surface area (Å²) in [7, 11) is 1.59. The maximum atomic E-state index is 14.2. The Morgan fingerprint density at radius 2 is 2.00 bits per heavy atom. The Hall–Kier alpha value is -1.46. The number of alkyl halides is 5. The Labute approximate surface area is 188 Å². The van der Waals surface area contributed by atoms with Crippen LogP contribution in [0.4, 0.5) is 13.2 Å². The van der Waals surface area contributed by atoms with E-state index in [1.165, 1.54) is 30.1 Å². The van der Waals surface area contributed by atoms with Gasteiger partial charge in [-0.3, -0.25) is 0 Å². The molecule has 0 saturated carbocycles. The van der Waals surface area contributed by atoms with Crippen molar-refractivity contribution >= 4 is 54.6 Å². The number of benzene rings is 1. The molecule has 3 aliphatic heterocycles. The number of oxime groups is 1. The summed E-state index contributed by atoms with van der Waals surface area (Å²) in [6, 6.07) is 3.79. The minimum atomic E-state index is -4.72. The second-order valence-corrected chi connectivity index (χ2v) is 13.9. The van der Waals surface area contributed by atoms with E-state index in [4.69, 9.17) is 28.0 Å². The monoisotopic (exact) mass is 573 g/mol. The first kappa shape index (κ1) is 21.8. The second-order valence-electron chi connectivity index (χ2n) is 7.16. The number of hydrazine groups is 1. The average Bonchev–Trinajstić information content (AvgIpc) is 3.25. The van der Waals surface area contributed by atoms with Crippen LogP contribution >= 0.6 is 43.0 Å². The van der Waals surface area contributed by atoms with E-state index in [0.717, 1.165) is 8.01 Å². The number of allylic oxidation sites excluding steroid dienone is 3. The third-order valence-corrected chi connectivity index (χ3v) is 11.4. The van der Waals surface area contributed by atoms with Crippen molar-refractivity contribution in [3.05, 3.63) is 55.2 Å². The summed E-state index contributed by atoms with van der Waals surface area (Å²) in [5.74, 6) is -0.182. The molecule has 0 radical (unpaired) electrons. The number of rotatable bonds is 4. The molecule has 5 nitrogen and oxygen atoms in total. The minimum absolute atomic E-state index is 0.0922. The molecule has 1 saturated heterocycles. The van der Waals surface area contributed by atoms with Crippen LogP contribution in [0, 0.1) is 0 Å². The fourth-order valence-corrected chi connectivity index (χ4v) is 9.91. The van der Waals surface area contributed by atoms with Gasteiger partial charge in [-0.2, -0.15) is 0 Å². The van der Waals surface area contributed by atoms with Crippen LogP contribution in [0.15, 0.2) is 44.8 Å². The summed E-state index contributed by atoms with van der Waals surface area (Å²) in [4.78, 5) is 16.6. The van der Waals surface area contributed by atoms with Gasteiger partial charge < -0.3 is 0 Å². The molecule has 1 aromatic carbocycles. The molecule has 2 atom stereocenters. The Kier molecular flexibility index (Phi) is 5.51. The standard InChI is InChI=1S/C19H17Cl2F3IN3O2/c1-10(29)28(2)26-15-6-14-9-25(14)16(7-15)17-8-18(30-27-17,19(22,23)24)11-3-12(20)5-13(21)4-11/h3-7,14,26H,8-9H2,1-2H3. The van der Waals surface area contributed by atoms with Gasteiger partial charge in [-0.05, 0) is 0 Å². The van der Waals surface area contributed by atoms with Crippen molar-refractivity contribution in [1.29, 1.82) is 0 Å². The number of fused-ring (bicyclic) bond motifs is 1. The van der Waals surface area contributed by atoms with E-state index >= 15 is 0 Å². The van der Waals surface area contributed by atoms with Crippen LogP contribution in [0.5, 0.6) is 0 Å². The number of amides is 1. The molecule has 1 fully saturated rings. The molecular formula is C19H17Cl2F3IN3O2. The van der Waals surface area contributed by atoms with E-state index in [1.807, 2.05) is 6.08 Å². The van der Waals surface area contributed by atoms with Crippen molar-refractivity contribution in [3.8, 4) is 0 Å². The van der Waals surface area contributed by atoms with Crippen molar-refractivity contribution in [2.45, 2.75) is 29.0 Å². The molecule has 0 aromatic heterocycles. The number of halogens is 6. The Morgan fingerprint density at radius 3 is 2.60 bits per heavy atom.